The van der Waals surface area contributed by atoms with Crippen molar-refractivity contribution < 1.29 is 14.7 Å². The van der Waals surface area contributed by atoms with Crippen molar-refractivity contribution in [2.75, 3.05) is 13.1 Å². The number of carbonyl (C=O) groups is 2. The third-order valence-corrected chi connectivity index (χ3v) is 4.17. The molecule has 1 aliphatic heterocycles. The number of hydrogen-bond donors (Lipinski definition) is 1. The number of hydrogen-bond acceptors (Lipinski definition) is 3. The first-order valence-corrected chi connectivity index (χ1v) is 6.49. The Kier molecular flexibility index (Phi) is 3.59. The molecule has 0 bridgehead atoms. The number of imidazole rings is 1. The number of piperidine rings is 1. The van der Waals surface area contributed by atoms with Gasteiger partial charge in [-0.05, 0) is 19.3 Å². The van der Waals surface area contributed by atoms with Gasteiger partial charge >= 0.3 is 5.97 Å². The summed E-state index contributed by atoms with van der Waals surface area (Å²) in [7, 11) is 1.78. The molecule has 2 heterocycles. The van der Waals surface area contributed by atoms with Crippen LogP contribution in [-0.2, 0) is 11.8 Å². The highest BCUT2D eigenvalue weighted by Crippen LogP contribution is 2.35. The van der Waals surface area contributed by atoms with Crippen molar-refractivity contribution in [2.45, 2.75) is 26.2 Å². The summed E-state index contributed by atoms with van der Waals surface area (Å²) in [5.74, 6) is -0.822. The number of aromatic nitrogens is 2. The van der Waals surface area contributed by atoms with Crippen LogP contribution in [0.1, 0.15) is 36.7 Å². The monoisotopic (exact) mass is 265 g/mol. The smallest absolute Gasteiger partial charge is 0.309 e. The Labute approximate surface area is 112 Å². The van der Waals surface area contributed by atoms with Gasteiger partial charge in [0.05, 0.1) is 17.9 Å². The first-order chi connectivity index (χ1) is 9.00. The van der Waals surface area contributed by atoms with Gasteiger partial charge in [-0.2, -0.15) is 0 Å². The second-order valence-corrected chi connectivity index (χ2v) is 5.12. The molecule has 0 saturated carbocycles. The van der Waals surface area contributed by atoms with Crippen molar-refractivity contribution >= 4 is 11.9 Å². The van der Waals surface area contributed by atoms with E-state index in [4.69, 9.17) is 0 Å². The summed E-state index contributed by atoms with van der Waals surface area (Å²) in [6, 6.07) is 0. The zero-order chi connectivity index (χ0) is 14.0. The maximum absolute atomic E-state index is 12.3. The van der Waals surface area contributed by atoms with Crippen molar-refractivity contribution in [1.29, 1.82) is 0 Å². The van der Waals surface area contributed by atoms with Gasteiger partial charge in [0.15, 0.2) is 0 Å². The summed E-state index contributed by atoms with van der Waals surface area (Å²) in [6.45, 7) is 2.88. The van der Waals surface area contributed by atoms with Crippen LogP contribution < -0.4 is 0 Å². The Balaban J connectivity index is 2.06. The van der Waals surface area contributed by atoms with E-state index in [2.05, 4.69) is 4.98 Å². The molecular formula is C13H19N3O3. The van der Waals surface area contributed by atoms with E-state index in [1.165, 1.54) is 0 Å². The largest absolute Gasteiger partial charge is 0.481 e. The highest BCUT2D eigenvalue weighted by Gasteiger charge is 2.41. The van der Waals surface area contributed by atoms with Gasteiger partial charge in [-0.1, -0.05) is 6.92 Å². The number of aryl methyl sites for hydroxylation is 1. The molecule has 0 aromatic carbocycles. The molecule has 6 nitrogen and oxygen atoms in total. The zero-order valence-electron chi connectivity index (χ0n) is 11.3. The maximum atomic E-state index is 12.3. The van der Waals surface area contributed by atoms with Gasteiger partial charge in [-0.3, -0.25) is 9.59 Å². The van der Waals surface area contributed by atoms with Gasteiger partial charge in [0, 0.05) is 20.1 Å². The third kappa shape index (κ3) is 2.34. The third-order valence-electron chi connectivity index (χ3n) is 4.17. The van der Waals surface area contributed by atoms with Crippen molar-refractivity contribution in [3.05, 3.63) is 18.2 Å². The Morgan fingerprint density at radius 3 is 2.47 bits per heavy atom. The lowest BCUT2D eigenvalue weighted by Gasteiger charge is -2.38. The normalized spacial score (nSPS) is 18.3. The van der Waals surface area contributed by atoms with E-state index in [9.17, 15) is 14.7 Å². The van der Waals surface area contributed by atoms with Gasteiger partial charge in [0.2, 0.25) is 0 Å². The molecule has 19 heavy (non-hydrogen) atoms. The lowest BCUT2D eigenvalue weighted by atomic mass is 9.76. The van der Waals surface area contributed by atoms with E-state index < -0.39 is 11.4 Å². The van der Waals surface area contributed by atoms with Crippen molar-refractivity contribution in [1.82, 2.24) is 14.5 Å². The van der Waals surface area contributed by atoms with Crippen LogP contribution >= 0.6 is 0 Å². The van der Waals surface area contributed by atoms with Crippen LogP contribution in [0.2, 0.25) is 0 Å². The number of carbonyl (C=O) groups excluding carboxylic acids is 1. The molecule has 0 aliphatic carbocycles. The predicted molar refractivity (Wildman–Crippen MR) is 68.7 cm³/mol. The van der Waals surface area contributed by atoms with E-state index in [0.717, 1.165) is 0 Å². The number of amides is 1. The minimum absolute atomic E-state index is 0.0740. The first kappa shape index (κ1) is 13.6. The molecule has 104 valence electrons. The standard InChI is InChI=1S/C13H19N3O3/c1-3-13(12(18)19)4-6-16(7-5-13)11(17)10-8-14-9-15(10)2/h8-9H,3-7H2,1-2H3,(H,18,19). The summed E-state index contributed by atoms with van der Waals surface area (Å²) in [6.07, 6.45) is 4.77. The number of aliphatic carboxylic acids is 1. The fourth-order valence-corrected chi connectivity index (χ4v) is 2.58. The Morgan fingerprint density at radius 2 is 2.05 bits per heavy atom. The molecule has 1 saturated heterocycles. The second-order valence-electron chi connectivity index (χ2n) is 5.12. The molecule has 2 rings (SSSR count). The minimum atomic E-state index is -0.748. The van der Waals surface area contributed by atoms with Gasteiger partial charge in [0.1, 0.15) is 5.69 Å². The second kappa shape index (κ2) is 5.03. The maximum Gasteiger partial charge on any atom is 0.309 e. The van der Waals surface area contributed by atoms with E-state index in [0.29, 0.717) is 38.0 Å². The summed E-state index contributed by atoms with van der Waals surface area (Å²) < 4.78 is 1.68. The van der Waals surface area contributed by atoms with Gasteiger partial charge in [-0.15, -0.1) is 0 Å². The number of carboxylic acids is 1. The highest BCUT2D eigenvalue weighted by atomic mass is 16.4. The minimum Gasteiger partial charge on any atom is -0.481 e. The van der Waals surface area contributed by atoms with E-state index in [1.54, 1.807) is 29.0 Å². The number of likely N-dealkylation sites (tertiary alicyclic amines) is 1. The molecule has 0 atom stereocenters. The highest BCUT2D eigenvalue weighted by molar-refractivity contribution is 5.92. The SMILES string of the molecule is CCC1(C(=O)O)CCN(C(=O)c2cncn2C)CC1. The van der Waals surface area contributed by atoms with E-state index in [1.807, 2.05) is 6.92 Å². The molecule has 1 fully saturated rings. The van der Waals surface area contributed by atoms with Crippen LogP contribution in [-0.4, -0.2) is 44.5 Å². The zero-order valence-corrected chi connectivity index (χ0v) is 11.3. The molecule has 1 aromatic rings. The lowest BCUT2D eigenvalue weighted by Crippen LogP contribution is -2.46. The Bertz CT molecular complexity index is 487. The van der Waals surface area contributed by atoms with Crippen LogP contribution in [0, 0.1) is 5.41 Å². The summed E-state index contributed by atoms with van der Waals surface area (Å²) in [5, 5.41) is 9.32. The van der Waals surface area contributed by atoms with Gasteiger partial charge in [0.25, 0.3) is 5.91 Å². The molecule has 6 heteroatoms. The van der Waals surface area contributed by atoms with Gasteiger partial charge < -0.3 is 14.6 Å². The average molecular weight is 265 g/mol. The molecule has 1 aromatic heterocycles. The topological polar surface area (TPSA) is 75.4 Å². The van der Waals surface area contributed by atoms with Crippen LogP contribution in [0.15, 0.2) is 12.5 Å². The predicted octanol–water partition coefficient (Wildman–Crippen LogP) is 1.14. The number of nitrogens with zero attached hydrogens (tertiary/aromatic N) is 3. The van der Waals surface area contributed by atoms with Crippen molar-refractivity contribution in [3.63, 3.8) is 0 Å². The van der Waals surface area contributed by atoms with Crippen LogP contribution in [0.5, 0.6) is 0 Å². The van der Waals surface area contributed by atoms with E-state index in [-0.39, 0.29) is 5.91 Å². The number of rotatable bonds is 3. The Hall–Kier alpha value is -1.85. The van der Waals surface area contributed by atoms with Crippen molar-refractivity contribution in [3.8, 4) is 0 Å². The van der Waals surface area contributed by atoms with Crippen LogP contribution in [0.4, 0.5) is 0 Å². The number of carboxylic acid groups (broad SMARTS) is 1. The lowest BCUT2D eigenvalue weighted by molar-refractivity contribution is -0.152. The summed E-state index contributed by atoms with van der Waals surface area (Å²) >= 11 is 0. The molecule has 1 amide bonds. The van der Waals surface area contributed by atoms with Gasteiger partial charge in [-0.25, -0.2) is 4.98 Å². The Morgan fingerprint density at radius 1 is 1.42 bits per heavy atom. The molecule has 1 aliphatic rings. The fraction of sp³-hybridized carbons (Fsp3) is 0.615. The molecule has 0 spiro atoms. The van der Waals surface area contributed by atoms with Crippen LogP contribution in [0.25, 0.3) is 0 Å². The quantitative estimate of drug-likeness (QED) is 0.889. The first-order valence-electron chi connectivity index (χ1n) is 6.49. The van der Waals surface area contributed by atoms with Crippen LogP contribution in [0.3, 0.4) is 0 Å². The molecule has 0 unspecified atom stereocenters. The molecule has 0 radical (unpaired) electrons. The fourth-order valence-electron chi connectivity index (χ4n) is 2.58. The summed E-state index contributed by atoms with van der Waals surface area (Å²) in [4.78, 5) is 29.3. The average Bonchev–Trinajstić information content (AvgIpc) is 2.84. The van der Waals surface area contributed by atoms with E-state index >= 15 is 0 Å². The molecule has 1 N–H and O–H groups in total. The molecular weight excluding hydrogens is 246 g/mol. The summed E-state index contributed by atoms with van der Waals surface area (Å²) in [5.41, 5.74) is -0.122. The van der Waals surface area contributed by atoms with Crippen molar-refractivity contribution in [2.24, 2.45) is 12.5 Å².